The van der Waals surface area contributed by atoms with Crippen LogP contribution < -0.4 is 14.8 Å². The molecule has 1 unspecified atom stereocenters. The summed E-state index contributed by atoms with van der Waals surface area (Å²) in [5.41, 5.74) is 1.10. The summed E-state index contributed by atoms with van der Waals surface area (Å²) in [5.74, 6) is 2.55. The standard InChI is InChI=1S/C15H21N3O2S/c1-4-16-13(10-21-15-17-7-8-18-15)12-9-11(19-2)5-6-14(12)20-3/h5-9,13,16H,4,10H2,1-3H3,(H,17,18). The number of aromatic amines is 1. The van der Waals surface area contributed by atoms with Crippen molar-refractivity contribution >= 4 is 11.8 Å². The van der Waals surface area contributed by atoms with E-state index in [4.69, 9.17) is 9.47 Å². The Bertz CT molecular complexity index is 546. The fraction of sp³-hybridized carbons (Fsp3) is 0.400. The summed E-state index contributed by atoms with van der Waals surface area (Å²) in [7, 11) is 3.36. The van der Waals surface area contributed by atoms with E-state index in [1.54, 1.807) is 32.2 Å². The molecule has 2 N–H and O–H groups in total. The normalized spacial score (nSPS) is 12.1. The highest BCUT2D eigenvalue weighted by atomic mass is 32.2. The lowest BCUT2D eigenvalue weighted by molar-refractivity contribution is 0.393. The van der Waals surface area contributed by atoms with Gasteiger partial charge in [-0.25, -0.2) is 4.98 Å². The van der Waals surface area contributed by atoms with Crippen LogP contribution in [0.25, 0.3) is 0 Å². The zero-order valence-electron chi connectivity index (χ0n) is 12.6. The number of ether oxygens (including phenoxy) is 2. The SMILES string of the molecule is CCNC(CSc1ncc[nH]1)c1cc(OC)ccc1OC. The molecule has 21 heavy (non-hydrogen) atoms. The molecule has 2 rings (SSSR count). The second-order valence-electron chi connectivity index (χ2n) is 4.42. The lowest BCUT2D eigenvalue weighted by atomic mass is 10.1. The summed E-state index contributed by atoms with van der Waals surface area (Å²) in [5, 5.41) is 4.41. The van der Waals surface area contributed by atoms with E-state index in [0.29, 0.717) is 0 Å². The molecule has 1 heterocycles. The Kier molecular flexibility index (Phi) is 5.95. The maximum absolute atomic E-state index is 5.48. The minimum absolute atomic E-state index is 0.162. The maximum Gasteiger partial charge on any atom is 0.165 e. The Morgan fingerprint density at radius 3 is 2.81 bits per heavy atom. The number of thioether (sulfide) groups is 1. The number of hydrogen-bond acceptors (Lipinski definition) is 5. The Morgan fingerprint density at radius 1 is 1.33 bits per heavy atom. The number of nitrogens with one attached hydrogen (secondary N) is 2. The first kappa shape index (κ1) is 15.7. The van der Waals surface area contributed by atoms with Gasteiger partial charge in [-0.15, -0.1) is 0 Å². The molecule has 1 aromatic heterocycles. The zero-order chi connectivity index (χ0) is 15.1. The van der Waals surface area contributed by atoms with Crippen molar-refractivity contribution in [3.63, 3.8) is 0 Å². The van der Waals surface area contributed by atoms with E-state index < -0.39 is 0 Å². The quantitative estimate of drug-likeness (QED) is 0.734. The van der Waals surface area contributed by atoms with E-state index in [1.807, 2.05) is 24.4 Å². The highest BCUT2D eigenvalue weighted by Gasteiger charge is 2.17. The Balaban J connectivity index is 2.19. The summed E-state index contributed by atoms with van der Waals surface area (Å²) in [4.78, 5) is 7.35. The minimum atomic E-state index is 0.162. The van der Waals surface area contributed by atoms with Gasteiger partial charge in [0, 0.05) is 29.8 Å². The van der Waals surface area contributed by atoms with Gasteiger partial charge in [0.1, 0.15) is 11.5 Å². The molecular weight excluding hydrogens is 286 g/mol. The van der Waals surface area contributed by atoms with Crippen molar-refractivity contribution in [1.29, 1.82) is 0 Å². The summed E-state index contributed by atoms with van der Waals surface area (Å²) in [6, 6.07) is 6.03. The molecule has 0 fully saturated rings. The van der Waals surface area contributed by atoms with Crippen LogP contribution in [0.5, 0.6) is 11.5 Å². The number of methoxy groups -OCH3 is 2. The van der Waals surface area contributed by atoms with Gasteiger partial charge in [-0.1, -0.05) is 18.7 Å². The molecule has 0 aliphatic carbocycles. The van der Waals surface area contributed by atoms with Crippen LogP contribution in [0.3, 0.4) is 0 Å². The van der Waals surface area contributed by atoms with Crippen molar-refractivity contribution in [3.05, 3.63) is 36.2 Å². The molecule has 0 spiro atoms. The first-order valence-electron chi connectivity index (χ1n) is 6.86. The molecule has 0 amide bonds. The first-order chi connectivity index (χ1) is 10.3. The molecule has 0 saturated carbocycles. The average molecular weight is 307 g/mol. The van der Waals surface area contributed by atoms with Crippen LogP contribution in [0.1, 0.15) is 18.5 Å². The molecular formula is C15H21N3O2S. The molecule has 1 atom stereocenters. The predicted molar refractivity (Wildman–Crippen MR) is 85.3 cm³/mol. The number of aromatic nitrogens is 2. The summed E-state index contributed by atoms with van der Waals surface area (Å²) in [6.07, 6.45) is 3.59. The number of rotatable bonds is 8. The second kappa shape index (κ2) is 7.95. The highest BCUT2D eigenvalue weighted by Crippen LogP contribution is 2.32. The molecule has 0 saturated heterocycles. The number of imidazole rings is 1. The molecule has 0 radical (unpaired) electrons. The van der Waals surface area contributed by atoms with Gasteiger partial charge in [0.05, 0.1) is 14.2 Å². The average Bonchev–Trinajstić information content (AvgIpc) is 3.04. The lowest BCUT2D eigenvalue weighted by Gasteiger charge is -2.20. The lowest BCUT2D eigenvalue weighted by Crippen LogP contribution is -2.23. The van der Waals surface area contributed by atoms with Gasteiger partial charge in [-0.2, -0.15) is 0 Å². The highest BCUT2D eigenvalue weighted by molar-refractivity contribution is 7.99. The van der Waals surface area contributed by atoms with Crippen LogP contribution in [0.2, 0.25) is 0 Å². The Hall–Kier alpha value is -1.66. The van der Waals surface area contributed by atoms with Crippen molar-refractivity contribution in [3.8, 4) is 11.5 Å². The molecule has 2 aromatic rings. The van der Waals surface area contributed by atoms with Crippen LogP contribution in [-0.4, -0.2) is 36.5 Å². The molecule has 1 aromatic carbocycles. The van der Waals surface area contributed by atoms with Gasteiger partial charge in [0.15, 0.2) is 5.16 Å². The van der Waals surface area contributed by atoms with Crippen LogP contribution in [-0.2, 0) is 0 Å². The van der Waals surface area contributed by atoms with Crippen molar-refractivity contribution in [2.24, 2.45) is 0 Å². The van der Waals surface area contributed by atoms with Crippen molar-refractivity contribution < 1.29 is 9.47 Å². The number of hydrogen-bond donors (Lipinski definition) is 2. The smallest absolute Gasteiger partial charge is 0.165 e. The topological polar surface area (TPSA) is 59.2 Å². The predicted octanol–water partition coefficient (Wildman–Crippen LogP) is 2.87. The second-order valence-corrected chi connectivity index (χ2v) is 5.43. The fourth-order valence-corrected chi connectivity index (χ4v) is 3.02. The third-order valence-corrected chi connectivity index (χ3v) is 4.12. The van der Waals surface area contributed by atoms with Crippen molar-refractivity contribution in [2.75, 3.05) is 26.5 Å². The van der Waals surface area contributed by atoms with Crippen LogP contribution in [0, 0.1) is 0 Å². The Labute approximate surface area is 129 Å². The minimum Gasteiger partial charge on any atom is -0.497 e. The van der Waals surface area contributed by atoms with E-state index in [1.165, 1.54) is 0 Å². The van der Waals surface area contributed by atoms with Gasteiger partial charge in [-0.3, -0.25) is 0 Å². The van der Waals surface area contributed by atoms with Crippen molar-refractivity contribution in [2.45, 2.75) is 18.1 Å². The van der Waals surface area contributed by atoms with Gasteiger partial charge in [0.25, 0.3) is 0 Å². The maximum atomic E-state index is 5.48. The van der Waals surface area contributed by atoms with Crippen LogP contribution in [0.4, 0.5) is 0 Å². The summed E-state index contributed by atoms with van der Waals surface area (Å²) in [6.45, 7) is 2.97. The van der Waals surface area contributed by atoms with Gasteiger partial charge >= 0.3 is 0 Å². The van der Waals surface area contributed by atoms with E-state index in [9.17, 15) is 0 Å². The van der Waals surface area contributed by atoms with Gasteiger partial charge in [0.2, 0.25) is 0 Å². The van der Waals surface area contributed by atoms with Gasteiger partial charge < -0.3 is 19.8 Å². The molecule has 114 valence electrons. The van der Waals surface area contributed by atoms with Crippen LogP contribution in [0.15, 0.2) is 35.7 Å². The first-order valence-corrected chi connectivity index (χ1v) is 7.84. The molecule has 0 aliphatic rings. The van der Waals surface area contributed by atoms with Crippen molar-refractivity contribution in [1.82, 2.24) is 15.3 Å². The molecule has 0 aliphatic heterocycles. The molecule has 0 bridgehead atoms. The van der Waals surface area contributed by atoms with E-state index in [2.05, 4.69) is 22.2 Å². The zero-order valence-corrected chi connectivity index (χ0v) is 13.4. The third kappa shape index (κ3) is 4.15. The number of H-pyrrole nitrogens is 1. The van der Waals surface area contributed by atoms with Crippen LogP contribution >= 0.6 is 11.8 Å². The number of benzene rings is 1. The summed E-state index contributed by atoms with van der Waals surface area (Å²) < 4.78 is 10.8. The Morgan fingerprint density at radius 2 is 2.19 bits per heavy atom. The largest absolute Gasteiger partial charge is 0.497 e. The molecule has 5 nitrogen and oxygen atoms in total. The monoisotopic (exact) mass is 307 g/mol. The van der Waals surface area contributed by atoms with E-state index in [-0.39, 0.29) is 6.04 Å². The summed E-state index contributed by atoms with van der Waals surface area (Å²) >= 11 is 1.68. The van der Waals surface area contributed by atoms with E-state index >= 15 is 0 Å². The number of nitrogens with zero attached hydrogens (tertiary/aromatic N) is 1. The third-order valence-electron chi connectivity index (χ3n) is 3.12. The molecule has 6 heteroatoms. The van der Waals surface area contributed by atoms with E-state index in [0.717, 1.165) is 34.5 Å². The fourth-order valence-electron chi connectivity index (χ4n) is 2.11. The van der Waals surface area contributed by atoms with Gasteiger partial charge in [-0.05, 0) is 24.7 Å².